The van der Waals surface area contributed by atoms with Crippen LogP contribution in [-0.2, 0) is 4.79 Å². The Balaban J connectivity index is 1.27. The van der Waals surface area contributed by atoms with E-state index in [9.17, 15) is 9.59 Å². The van der Waals surface area contributed by atoms with Crippen LogP contribution >= 0.6 is 31.9 Å². The number of carbonyl (C=O) groups excluding carboxylic acids is 2. The van der Waals surface area contributed by atoms with Gasteiger partial charge in [0.15, 0.2) is 0 Å². The van der Waals surface area contributed by atoms with Crippen LogP contribution in [0.1, 0.15) is 28.8 Å². The molecule has 1 spiro atoms. The lowest BCUT2D eigenvalue weighted by Crippen LogP contribution is -2.62. The molecule has 2 saturated heterocycles. The average Bonchev–Trinajstić information content (AvgIpc) is 2.71. The molecule has 2 aliphatic heterocycles. The molecule has 0 atom stereocenters. The molecule has 4 rings (SSSR count). The van der Waals surface area contributed by atoms with Crippen LogP contribution in [0.15, 0.2) is 63.6 Å². The molecule has 150 valence electrons. The highest BCUT2D eigenvalue weighted by molar-refractivity contribution is 9.10. The number of amides is 2. The van der Waals surface area contributed by atoms with Gasteiger partial charge < -0.3 is 9.80 Å². The summed E-state index contributed by atoms with van der Waals surface area (Å²) in [6.45, 7) is 3.09. The Morgan fingerprint density at radius 3 is 1.97 bits per heavy atom. The molecular weight excluding hydrogens is 496 g/mol. The highest BCUT2D eigenvalue weighted by atomic mass is 79.9. The van der Waals surface area contributed by atoms with Gasteiger partial charge in [-0.2, -0.15) is 0 Å². The second-order valence-corrected chi connectivity index (χ2v) is 9.71. The second-order valence-electron chi connectivity index (χ2n) is 7.88. The molecule has 2 aliphatic rings. The predicted octanol–water partition coefficient (Wildman–Crippen LogP) is 4.99. The highest BCUT2D eigenvalue weighted by Crippen LogP contribution is 2.40. The standard InChI is InChI=1S/C23H22Br2N2O2/c24-19-6-1-17(2-7-19)3-10-21(28)27-15-23(16-27)11-13-26(14-12-23)22(29)18-4-8-20(25)9-5-18/h1-10H,11-16H2/b10-3+. The van der Waals surface area contributed by atoms with Gasteiger partial charge in [-0.25, -0.2) is 0 Å². The first kappa shape index (κ1) is 20.4. The fraction of sp³-hybridized carbons (Fsp3) is 0.304. The summed E-state index contributed by atoms with van der Waals surface area (Å²) in [5, 5.41) is 0. The summed E-state index contributed by atoms with van der Waals surface area (Å²) in [7, 11) is 0. The molecule has 0 bridgehead atoms. The molecular formula is C23H22Br2N2O2. The number of benzene rings is 2. The zero-order valence-electron chi connectivity index (χ0n) is 16.0. The van der Waals surface area contributed by atoms with Crippen LogP contribution in [0, 0.1) is 5.41 Å². The largest absolute Gasteiger partial charge is 0.339 e. The summed E-state index contributed by atoms with van der Waals surface area (Å²) in [6.07, 6.45) is 5.42. The fourth-order valence-electron chi connectivity index (χ4n) is 4.04. The van der Waals surface area contributed by atoms with E-state index in [1.807, 2.05) is 64.4 Å². The van der Waals surface area contributed by atoms with Gasteiger partial charge in [-0.15, -0.1) is 0 Å². The van der Waals surface area contributed by atoms with Crippen molar-refractivity contribution in [1.29, 1.82) is 0 Å². The number of nitrogens with zero attached hydrogens (tertiary/aromatic N) is 2. The first-order valence-electron chi connectivity index (χ1n) is 9.72. The first-order valence-corrected chi connectivity index (χ1v) is 11.3. The minimum atomic E-state index is 0.0620. The first-order chi connectivity index (χ1) is 13.9. The van der Waals surface area contributed by atoms with E-state index in [4.69, 9.17) is 0 Å². The van der Waals surface area contributed by atoms with E-state index >= 15 is 0 Å². The number of carbonyl (C=O) groups is 2. The lowest BCUT2D eigenvalue weighted by Gasteiger charge is -2.53. The van der Waals surface area contributed by atoms with Crippen molar-refractivity contribution in [3.63, 3.8) is 0 Å². The van der Waals surface area contributed by atoms with E-state index in [-0.39, 0.29) is 17.2 Å². The van der Waals surface area contributed by atoms with Gasteiger partial charge in [0.1, 0.15) is 0 Å². The molecule has 0 aromatic heterocycles. The van der Waals surface area contributed by atoms with Crippen molar-refractivity contribution in [2.75, 3.05) is 26.2 Å². The predicted molar refractivity (Wildman–Crippen MR) is 121 cm³/mol. The maximum absolute atomic E-state index is 12.7. The van der Waals surface area contributed by atoms with Gasteiger partial charge in [0.25, 0.3) is 5.91 Å². The quantitative estimate of drug-likeness (QED) is 0.538. The van der Waals surface area contributed by atoms with Gasteiger partial charge in [-0.05, 0) is 60.9 Å². The molecule has 2 amide bonds. The minimum Gasteiger partial charge on any atom is -0.339 e. The smallest absolute Gasteiger partial charge is 0.253 e. The van der Waals surface area contributed by atoms with Crippen LogP contribution < -0.4 is 0 Å². The van der Waals surface area contributed by atoms with E-state index in [2.05, 4.69) is 31.9 Å². The Labute approximate surface area is 187 Å². The van der Waals surface area contributed by atoms with E-state index in [1.165, 1.54) is 0 Å². The van der Waals surface area contributed by atoms with Crippen LogP contribution in [0.3, 0.4) is 0 Å². The van der Waals surface area contributed by atoms with Gasteiger partial charge in [0, 0.05) is 52.2 Å². The van der Waals surface area contributed by atoms with Gasteiger partial charge in [-0.1, -0.05) is 44.0 Å². The molecule has 0 aliphatic carbocycles. The third-order valence-corrected chi connectivity index (χ3v) is 6.91. The number of hydrogen-bond donors (Lipinski definition) is 0. The monoisotopic (exact) mass is 516 g/mol. The van der Waals surface area contributed by atoms with Crippen molar-refractivity contribution in [1.82, 2.24) is 9.80 Å². The van der Waals surface area contributed by atoms with Gasteiger partial charge in [0.2, 0.25) is 5.91 Å². The molecule has 0 saturated carbocycles. The lowest BCUT2D eigenvalue weighted by atomic mass is 9.72. The van der Waals surface area contributed by atoms with Crippen LogP contribution in [-0.4, -0.2) is 47.8 Å². The van der Waals surface area contributed by atoms with Crippen LogP contribution in [0.4, 0.5) is 0 Å². The number of piperidine rings is 1. The van der Waals surface area contributed by atoms with Crippen LogP contribution in [0.2, 0.25) is 0 Å². The zero-order chi connectivity index (χ0) is 20.4. The average molecular weight is 518 g/mol. The second kappa shape index (κ2) is 8.44. The summed E-state index contributed by atoms with van der Waals surface area (Å²) < 4.78 is 2.00. The Hall–Kier alpha value is -1.92. The molecule has 2 heterocycles. The molecule has 4 nitrogen and oxygen atoms in total. The van der Waals surface area contributed by atoms with Crippen LogP contribution in [0.5, 0.6) is 0 Å². The molecule has 2 aromatic rings. The maximum atomic E-state index is 12.7. The normalized spacial score (nSPS) is 18.1. The zero-order valence-corrected chi connectivity index (χ0v) is 19.2. The SMILES string of the molecule is O=C(/C=C/c1ccc(Br)cc1)N1CC2(CCN(C(=O)c3ccc(Br)cc3)CC2)C1. The van der Waals surface area contributed by atoms with E-state index in [1.54, 1.807) is 6.08 Å². The molecule has 0 N–H and O–H groups in total. The Morgan fingerprint density at radius 1 is 0.828 bits per heavy atom. The fourth-order valence-corrected chi connectivity index (χ4v) is 4.57. The Morgan fingerprint density at radius 2 is 1.38 bits per heavy atom. The van der Waals surface area contributed by atoms with Gasteiger partial charge in [0.05, 0.1) is 0 Å². The lowest BCUT2D eigenvalue weighted by molar-refractivity contribution is -0.140. The Bertz CT molecular complexity index is 922. The summed E-state index contributed by atoms with van der Waals surface area (Å²) in [6, 6.07) is 15.4. The minimum absolute atomic E-state index is 0.0620. The van der Waals surface area contributed by atoms with E-state index in [0.29, 0.717) is 0 Å². The van der Waals surface area contributed by atoms with Crippen molar-refractivity contribution in [3.8, 4) is 0 Å². The number of rotatable bonds is 3. The van der Waals surface area contributed by atoms with Gasteiger partial charge >= 0.3 is 0 Å². The number of likely N-dealkylation sites (tertiary alicyclic amines) is 2. The third kappa shape index (κ3) is 4.64. The Kier molecular flexibility index (Phi) is 5.93. The molecule has 2 fully saturated rings. The van der Waals surface area contributed by atoms with Crippen molar-refractivity contribution in [2.45, 2.75) is 12.8 Å². The van der Waals surface area contributed by atoms with Crippen molar-refractivity contribution >= 4 is 49.8 Å². The summed E-state index contributed by atoms with van der Waals surface area (Å²) in [5.74, 6) is 0.156. The number of halogens is 2. The van der Waals surface area contributed by atoms with Crippen molar-refractivity contribution in [2.24, 2.45) is 5.41 Å². The molecule has 6 heteroatoms. The van der Waals surface area contributed by atoms with E-state index < -0.39 is 0 Å². The summed E-state index contributed by atoms with van der Waals surface area (Å²) >= 11 is 6.82. The topological polar surface area (TPSA) is 40.6 Å². The molecule has 29 heavy (non-hydrogen) atoms. The summed E-state index contributed by atoms with van der Waals surface area (Å²) in [5.41, 5.74) is 1.92. The van der Waals surface area contributed by atoms with Gasteiger partial charge in [-0.3, -0.25) is 9.59 Å². The van der Waals surface area contributed by atoms with E-state index in [0.717, 1.165) is 59.1 Å². The molecule has 0 radical (unpaired) electrons. The molecule has 2 aromatic carbocycles. The van der Waals surface area contributed by atoms with Crippen molar-refractivity contribution in [3.05, 3.63) is 74.7 Å². The number of hydrogen-bond acceptors (Lipinski definition) is 2. The molecule has 0 unspecified atom stereocenters. The maximum Gasteiger partial charge on any atom is 0.253 e. The highest BCUT2D eigenvalue weighted by Gasteiger charge is 2.46. The third-order valence-electron chi connectivity index (χ3n) is 5.86. The van der Waals surface area contributed by atoms with Crippen molar-refractivity contribution < 1.29 is 9.59 Å². The van der Waals surface area contributed by atoms with Crippen LogP contribution in [0.25, 0.3) is 6.08 Å². The summed E-state index contributed by atoms with van der Waals surface area (Å²) in [4.78, 5) is 29.0.